The molecular formula is C30H48N2O. The molecule has 33 heavy (non-hydrogen) atoms. The van der Waals surface area contributed by atoms with E-state index < -0.39 is 0 Å². The molecule has 184 valence electrons. The minimum absolute atomic E-state index is 0.497. The first-order valence-corrected chi connectivity index (χ1v) is 13.5. The van der Waals surface area contributed by atoms with Crippen LogP contribution in [0, 0.1) is 0 Å². The van der Waals surface area contributed by atoms with E-state index in [1.807, 2.05) is 24.3 Å². The Balaban J connectivity index is 1.70. The molecule has 0 fully saturated rings. The second kappa shape index (κ2) is 16.5. The van der Waals surface area contributed by atoms with Crippen LogP contribution in [-0.4, -0.2) is 12.1 Å². The van der Waals surface area contributed by atoms with Gasteiger partial charge >= 0.3 is 0 Å². The maximum Gasteiger partial charge on any atom is 0.127 e. The summed E-state index contributed by atoms with van der Waals surface area (Å²) in [6.45, 7) is 9.07. The normalized spacial score (nSPS) is 12.8. The average molecular weight is 453 g/mol. The minimum atomic E-state index is 0.497. The van der Waals surface area contributed by atoms with Gasteiger partial charge in [0.25, 0.3) is 0 Å². The van der Waals surface area contributed by atoms with Crippen molar-refractivity contribution in [2.75, 3.05) is 10.6 Å². The third-order valence-corrected chi connectivity index (χ3v) is 6.25. The van der Waals surface area contributed by atoms with Gasteiger partial charge in [-0.25, -0.2) is 0 Å². The molecule has 2 N–H and O–H groups in total. The van der Waals surface area contributed by atoms with Crippen LogP contribution < -0.4 is 15.4 Å². The van der Waals surface area contributed by atoms with E-state index >= 15 is 0 Å². The predicted octanol–water partition coefficient (Wildman–Crippen LogP) is 9.80. The molecule has 0 aromatic heterocycles. The highest BCUT2D eigenvalue weighted by Gasteiger charge is 2.05. The van der Waals surface area contributed by atoms with Crippen LogP contribution in [0.15, 0.2) is 48.5 Å². The van der Waals surface area contributed by atoms with Gasteiger partial charge in [-0.3, -0.25) is 0 Å². The molecule has 0 bridgehead atoms. The number of anilines is 2. The molecule has 2 unspecified atom stereocenters. The molecule has 2 aromatic carbocycles. The van der Waals surface area contributed by atoms with Crippen LogP contribution in [0.25, 0.3) is 0 Å². The average Bonchev–Trinajstić information content (AvgIpc) is 2.81. The van der Waals surface area contributed by atoms with Crippen LogP contribution in [0.1, 0.15) is 105 Å². The van der Waals surface area contributed by atoms with Crippen LogP contribution in [0.3, 0.4) is 0 Å². The summed E-state index contributed by atoms with van der Waals surface area (Å²) < 4.78 is 6.05. The van der Waals surface area contributed by atoms with E-state index in [2.05, 4.69) is 62.6 Å². The Morgan fingerprint density at radius 3 is 1.27 bits per heavy atom. The quantitative estimate of drug-likeness (QED) is 0.221. The summed E-state index contributed by atoms with van der Waals surface area (Å²) >= 11 is 0. The molecule has 0 radical (unpaired) electrons. The molecule has 3 heteroatoms. The van der Waals surface area contributed by atoms with Crippen molar-refractivity contribution in [1.29, 1.82) is 0 Å². The Morgan fingerprint density at radius 2 is 0.909 bits per heavy atom. The van der Waals surface area contributed by atoms with Crippen molar-refractivity contribution in [3.05, 3.63) is 48.5 Å². The summed E-state index contributed by atoms with van der Waals surface area (Å²) in [7, 11) is 0. The zero-order valence-corrected chi connectivity index (χ0v) is 21.7. The first kappa shape index (κ1) is 27.1. The van der Waals surface area contributed by atoms with E-state index in [1.54, 1.807) is 0 Å². The van der Waals surface area contributed by atoms with E-state index in [4.69, 9.17) is 4.74 Å². The SMILES string of the molecule is CCCCCCCC(C)Nc1ccc(Oc2ccc(NC(C)CCCCCCC)cc2)cc1. The molecule has 0 amide bonds. The van der Waals surface area contributed by atoms with Crippen LogP contribution in [0.5, 0.6) is 11.5 Å². The first-order chi connectivity index (χ1) is 16.1. The number of rotatable bonds is 18. The highest BCUT2D eigenvalue weighted by atomic mass is 16.5. The smallest absolute Gasteiger partial charge is 0.127 e. The Labute approximate surface area is 203 Å². The predicted molar refractivity (Wildman–Crippen MR) is 146 cm³/mol. The summed E-state index contributed by atoms with van der Waals surface area (Å²) in [6.07, 6.45) is 15.8. The lowest BCUT2D eigenvalue weighted by atomic mass is 10.1. The lowest BCUT2D eigenvalue weighted by molar-refractivity contribution is 0.482. The monoisotopic (exact) mass is 452 g/mol. The zero-order chi connectivity index (χ0) is 23.7. The first-order valence-electron chi connectivity index (χ1n) is 13.5. The van der Waals surface area contributed by atoms with Crippen molar-refractivity contribution in [1.82, 2.24) is 0 Å². The van der Waals surface area contributed by atoms with Crippen LogP contribution in [-0.2, 0) is 0 Å². The number of hydrogen-bond donors (Lipinski definition) is 2. The molecule has 2 atom stereocenters. The van der Waals surface area contributed by atoms with Crippen LogP contribution in [0.2, 0.25) is 0 Å². The molecule has 3 nitrogen and oxygen atoms in total. The Morgan fingerprint density at radius 1 is 0.545 bits per heavy atom. The van der Waals surface area contributed by atoms with Crippen molar-refractivity contribution in [3.8, 4) is 11.5 Å². The van der Waals surface area contributed by atoms with E-state index in [9.17, 15) is 0 Å². The third-order valence-electron chi connectivity index (χ3n) is 6.25. The second-order valence-electron chi connectivity index (χ2n) is 9.65. The third kappa shape index (κ3) is 12.0. The summed E-state index contributed by atoms with van der Waals surface area (Å²) in [4.78, 5) is 0. The van der Waals surface area contributed by atoms with E-state index in [-0.39, 0.29) is 0 Å². The van der Waals surface area contributed by atoms with E-state index in [0.717, 1.165) is 22.9 Å². The highest BCUT2D eigenvalue weighted by Crippen LogP contribution is 2.25. The van der Waals surface area contributed by atoms with Crippen molar-refractivity contribution < 1.29 is 4.74 Å². The van der Waals surface area contributed by atoms with Gasteiger partial charge in [0, 0.05) is 23.5 Å². The molecule has 0 aliphatic heterocycles. The topological polar surface area (TPSA) is 33.3 Å². The van der Waals surface area contributed by atoms with E-state index in [0.29, 0.717) is 12.1 Å². The Hall–Kier alpha value is -2.16. The molecule has 2 aromatic rings. The zero-order valence-electron chi connectivity index (χ0n) is 21.7. The van der Waals surface area contributed by atoms with Crippen molar-refractivity contribution in [2.45, 2.75) is 117 Å². The highest BCUT2D eigenvalue weighted by molar-refractivity contribution is 5.50. The van der Waals surface area contributed by atoms with Crippen molar-refractivity contribution in [2.24, 2.45) is 0 Å². The standard InChI is InChI=1S/C30H48N2O/c1-5-7-9-11-13-15-25(3)31-27-17-21-29(22-18-27)33-30-23-19-28(20-24-30)32-26(4)16-14-12-10-8-6-2/h17-26,31-32H,5-16H2,1-4H3. The lowest BCUT2D eigenvalue weighted by Gasteiger charge is -2.16. The number of unbranched alkanes of at least 4 members (excludes halogenated alkanes) is 8. The van der Waals surface area contributed by atoms with Gasteiger partial charge in [0.1, 0.15) is 11.5 Å². The second-order valence-corrected chi connectivity index (χ2v) is 9.65. The molecule has 0 aliphatic carbocycles. The number of nitrogens with one attached hydrogen (secondary N) is 2. The van der Waals surface area contributed by atoms with Gasteiger partial charge in [0.05, 0.1) is 0 Å². The van der Waals surface area contributed by atoms with Crippen molar-refractivity contribution in [3.63, 3.8) is 0 Å². The van der Waals surface area contributed by atoms with E-state index in [1.165, 1.54) is 77.0 Å². The van der Waals surface area contributed by atoms with Gasteiger partial charge in [0.2, 0.25) is 0 Å². The van der Waals surface area contributed by atoms with Gasteiger partial charge in [-0.05, 0) is 75.2 Å². The van der Waals surface area contributed by atoms with Gasteiger partial charge in [-0.2, -0.15) is 0 Å². The summed E-state index contributed by atoms with van der Waals surface area (Å²) in [5.41, 5.74) is 2.32. The Bertz CT molecular complexity index is 662. The minimum Gasteiger partial charge on any atom is -0.457 e. The molecule has 2 rings (SSSR count). The number of ether oxygens (including phenoxy) is 1. The van der Waals surface area contributed by atoms with Gasteiger partial charge in [-0.15, -0.1) is 0 Å². The summed E-state index contributed by atoms with van der Waals surface area (Å²) in [5, 5.41) is 7.22. The lowest BCUT2D eigenvalue weighted by Crippen LogP contribution is -2.14. The fourth-order valence-electron chi connectivity index (χ4n) is 4.20. The number of hydrogen-bond acceptors (Lipinski definition) is 3. The van der Waals surface area contributed by atoms with Gasteiger partial charge < -0.3 is 15.4 Å². The molecule has 0 saturated carbocycles. The maximum atomic E-state index is 6.05. The maximum absolute atomic E-state index is 6.05. The fraction of sp³-hybridized carbons (Fsp3) is 0.600. The molecule has 0 aliphatic rings. The molecular weight excluding hydrogens is 404 g/mol. The van der Waals surface area contributed by atoms with Gasteiger partial charge in [0.15, 0.2) is 0 Å². The Kier molecular flexibility index (Phi) is 13.5. The van der Waals surface area contributed by atoms with Gasteiger partial charge in [-0.1, -0.05) is 78.1 Å². The van der Waals surface area contributed by atoms with Crippen LogP contribution >= 0.6 is 0 Å². The fourth-order valence-corrected chi connectivity index (χ4v) is 4.20. The molecule has 0 saturated heterocycles. The van der Waals surface area contributed by atoms with Crippen molar-refractivity contribution >= 4 is 11.4 Å². The largest absolute Gasteiger partial charge is 0.457 e. The summed E-state index contributed by atoms with van der Waals surface area (Å²) in [6, 6.07) is 17.6. The molecule has 0 heterocycles. The number of benzene rings is 2. The summed E-state index contributed by atoms with van der Waals surface area (Å²) in [5.74, 6) is 1.74. The van der Waals surface area contributed by atoms with Crippen LogP contribution in [0.4, 0.5) is 11.4 Å². The molecule has 0 spiro atoms.